The Labute approximate surface area is 131 Å². The first-order valence-electron chi connectivity index (χ1n) is 8.02. The average Bonchev–Trinajstić information content (AvgIpc) is 2.91. The topological polar surface area (TPSA) is 43.9 Å². The second-order valence-corrected chi connectivity index (χ2v) is 6.03. The number of likely N-dealkylation sites (N-methyl/N-ethyl adjacent to an activating group) is 1. The number of hydrogen-bond donors (Lipinski definition) is 0. The molecule has 0 aromatic heterocycles. The maximum atomic E-state index is 12.7. The summed E-state index contributed by atoms with van der Waals surface area (Å²) in [5.41, 5.74) is 1.75. The van der Waals surface area contributed by atoms with E-state index in [1.165, 1.54) is 0 Å². The SMILES string of the molecule is CCN1CCN(C(=O)[C@H](C)N2Cc3ccccc3C2=O)CC1. The Hall–Kier alpha value is -1.88. The lowest BCUT2D eigenvalue weighted by Gasteiger charge is -2.37. The summed E-state index contributed by atoms with van der Waals surface area (Å²) >= 11 is 0. The van der Waals surface area contributed by atoms with Gasteiger partial charge in [0.15, 0.2) is 0 Å². The predicted octanol–water partition coefficient (Wildman–Crippen LogP) is 1.19. The van der Waals surface area contributed by atoms with E-state index in [1.807, 2.05) is 36.1 Å². The molecule has 0 radical (unpaired) electrons. The van der Waals surface area contributed by atoms with Crippen LogP contribution in [0.4, 0.5) is 0 Å². The zero-order valence-corrected chi connectivity index (χ0v) is 13.3. The van der Waals surface area contributed by atoms with Crippen molar-refractivity contribution in [3.8, 4) is 0 Å². The van der Waals surface area contributed by atoms with Gasteiger partial charge < -0.3 is 14.7 Å². The van der Waals surface area contributed by atoms with Crippen LogP contribution in [0.15, 0.2) is 24.3 Å². The minimum atomic E-state index is -0.395. The number of benzene rings is 1. The summed E-state index contributed by atoms with van der Waals surface area (Å²) in [6.07, 6.45) is 0. The van der Waals surface area contributed by atoms with Crippen LogP contribution in [0.3, 0.4) is 0 Å². The van der Waals surface area contributed by atoms with Crippen LogP contribution in [0, 0.1) is 0 Å². The van der Waals surface area contributed by atoms with Gasteiger partial charge in [0.1, 0.15) is 6.04 Å². The van der Waals surface area contributed by atoms with Crippen LogP contribution < -0.4 is 0 Å². The molecule has 0 aliphatic carbocycles. The van der Waals surface area contributed by atoms with Crippen LogP contribution in [-0.2, 0) is 11.3 Å². The molecule has 2 heterocycles. The maximum Gasteiger partial charge on any atom is 0.255 e. The molecule has 3 rings (SSSR count). The lowest BCUT2D eigenvalue weighted by molar-refractivity contribution is -0.137. The molecule has 2 amide bonds. The maximum absolute atomic E-state index is 12.7. The van der Waals surface area contributed by atoms with Crippen LogP contribution >= 0.6 is 0 Å². The Kier molecular flexibility index (Phi) is 4.16. The molecule has 1 aromatic rings. The molecule has 118 valence electrons. The largest absolute Gasteiger partial charge is 0.338 e. The highest BCUT2D eigenvalue weighted by Crippen LogP contribution is 2.25. The highest BCUT2D eigenvalue weighted by molar-refractivity contribution is 6.01. The highest BCUT2D eigenvalue weighted by Gasteiger charge is 2.35. The van der Waals surface area contributed by atoms with E-state index in [2.05, 4.69) is 11.8 Å². The molecule has 5 heteroatoms. The number of amides is 2. The molecule has 2 aliphatic heterocycles. The van der Waals surface area contributed by atoms with Gasteiger partial charge in [0.2, 0.25) is 5.91 Å². The van der Waals surface area contributed by atoms with Gasteiger partial charge >= 0.3 is 0 Å². The standard InChI is InChI=1S/C17H23N3O2/c1-3-18-8-10-19(11-9-18)16(21)13(2)20-12-14-6-4-5-7-15(14)17(20)22/h4-7,13H,3,8-12H2,1-2H3/t13-/m0/s1. The monoisotopic (exact) mass is 301 g/mol. The summed E-state index contributed by atoms with van der Waals surface area (Å²) in [7, 11) is 0. The van der Waals surface area contributed by atoms with Crippen LogP contribution in [0.1, 0.15) is 29.8 Å². The first-order chi connectivity index (χ1) is 10.6. The highest BCUT2D eigenvalue weighted by atomic mass is 16.2. The van der Waals surface area contributed by atoms with Gasteiger partial charge in [-0.1, -0.05) is 25.1 Å². The summed E-state index contributed by atoms with van der Waals surface area (Å²) in [5.74, 6) is 0.0422. The van der Waals surface area contributed by atoms with E-state index in [-0.39, 0.29) is 11.8 Å². The summed E-state index contributed by atoms with van der Waals surface area (Å²) in [5, 5.41) is 0. The minimum absolute atomic E-state index is 0.0244. The van der Waals surface area contributed by atoms with E-state index in [0.717, 1.165) is 43.9 Å². The zero-order chi connectivity index (χ0) is 15.7. The molecular weight excluding hydrogens is 278 g/mol. The quantitative estimate of drug-likeness (QED) is 0.842. The van der Waals surface area contributed by atoms with Crippen molar-refractivity contribution in [3.63, 3.8) is 0 Å². The van der Waals surface area contributed by atoms with Crippen molar-refractivity contribution in [3.05, 3.63) is 35.4 Å². The Morgan fingerprint density at radius 3 is 2.50 bits per heavy atom. The Balaban J connectivity index is 1.66. The molecule has 1 saturated heterocycles. The van der Waals surface area contributed by atoms with Crippen LogP contribution in [0.25, 0.3) is 0 Å². The molecule has 0 saturated carbocycles. The second-order valence-electron chi connectivity index (χ2n) is 6.03. The van der Waals surface area contributed by atoms with Crippen molar-refractivity contribution in [2.75, 3.05) is 32.7 Å². The minimum Gasteiger partial charge on any atom is -0.338 e. The second kappa shape index (κ2) is 6.08. The number of hydrogen-bond acceptors (Lipinski definition) is 3. The third kappa shape index (κ3) is 2.61. The number of fused-ring (bicyclic) bond motifs is 1. The third-order valence-corrected chi connectivity index (χ3v) is 4.81. The van der Waals surface area contributed by atoms with Crippen LogP contribution in [0.5, 0.6) is 0 Å². The Bertz CT molecular complexity index is 579. The third-order valence-electron chi connectivity index (χ3n) is 4.81. The van der Waals surface area contributed by atoms with Crippen molar-refractivity contribution < 1.29 is 9.59 Å². The van der Waals surface area contributed by atoms with Crippen molar-refractivity contribution >= 4 is 11.8 Å². The van der Waals surface area contributed by atoms with Crippen LogP contribution in [0.2, 0.25) is 0 Å². The van der Waals surface area contributed by atoms with Gasteiger partial charge in [-0.15, -0.1) is 0 Å². The summed E-state index contributed by atoms with van der Waals surface area (Å²) < 4.78 is 0. The van der Waals surface area contributed by atoms with E-state index < -0.39 is 6.04 Å². The molecule has 0 N–H and O–H groups in total. The number of carbonyl (C=O) groups is 2. The van der Waals surface area contributed by atoms with Gasteiger partial charge in [0, 0.05) is 38.3 Å². The summed E-state index contributed by atoms with van der Waals surface area (Å²) in [6, 6.07) is 7.22. The van der Waals surface area contributed by atoms with Crippen LogP contribution in [-0.4, -0.2) is 65.3 Å². The Morgan fingerprint density at radius 1 is 1.18 bits per heavy atom. The molecule has 0 bridgehead atoms. The fraction of sp³-hybridized carbons (Fsp3) is 0.529. The number of rotatable bonds is 3. The smallest absolute Gasteiger partial charge is 0.255 e. The first-order valence-corrected chi connectivity index (χ1v) is 8.02. The lowest BCUT2D eigenvalue weighted by atomic mass is 10.1. The fourth-order valence-electron chi connectivity index (χ4n) is 3.27. The molecule has 2 aliphatic rings. The van der Waals surface area contributed by atoms with E-state index in [9.17, 15) is 9.59 Å². The summed E-state index contributed by atoms with van der Waals surface area (Å²) in [6.45, 7) is 8.90. The van der Waals surface area contributed by atoms with Gasteiger partial charge in [-0.2, -0.15) is 0 Å². The number of piperazine rings is 1. The number of carbonyl (C=O) groups excluding carboxylic acids is 2. The molecular formula is C17H23N3O2. The van der Waals surface area contributed by atoms with Crippen molar-refractivity contribution in [2.24, 2.45) is 0 Å². The molecule has 22 heavy (non-hydrogen) atoms. The molecule has 5 nitrogen and oxygen atoms in total. The Morgan fingerprint density at radius 2 is 1.86 bits per heavy atom. The molecule has 1 atom stereocenters. The lowest BCUT2D eigenvalue weighted by Crippen LogP contribution is -2.54. The van der Waals surface area contributed by atoms with Crippen molar-refractivity contribution in [1.29, 1.82) is 0 Å². The van der Waals surface area contributed by atoms with E-state index in [1.54, 1.807) is 4.90 Å². The van der Waals surface area contributed by atoms with E-state index in [4.69, 9.17) is 0 Å². The molecule has 1 fully saturated rings. The predicted molar refractivity (Wildman–Crippen MR) is 84.5 cm³/mol. The van der Waals surface area contributed by atoms with Gasteiger partial charge in [-0.25, -0.2) is 0 Å². The van der Waals surface area contributed by atoms with Gasteiger partial charge in [-0.05, 0) is 25.1 Å². The van der Waals surface area contributed by atoms with Crippen molar-refractivity contribution in [1.82, 2.24) is 14.7 Å². The molecule has 0 unspecified atom stereocenters. The zero-order valence-electron chi connectivity index (χ0n) is 13.3. The summed E-state index contributed by atoms with van der Waals surface area (Å²) in [4.78, 5) is 31.1. The normalized spacial score (nSPS) is 20.2. The van der Waals surface area contributed by atoms with Gasteiger partial charge in [-0.3, -0.25) is 9.59 Å². The van der Waals surface area contributed by atoms with Crippen molar-refractivity contribution in [2.45, 2.75) is 26.4 Å². The van der Waals surface area contributed by atoms with Gasteiger partial charge in [0.25, 0.3) is 5.91 Å². The average molecular weight is 301 g/mol. The fourth-order valence-corrected chi connectivity index (χ4v) is 3.27. The molecule has 0 spiro atoms. The van der Waals surface area contributed by atoms with E-state index in [0.29, 0.717) is 6.54 Å². The molecule has 1 aromatic carbocycles. The first kappa shape index (κ1) is 15.0. The number of nitrogens with zero attached hydrogens (tertiary/aromatic N) is 3. The van der Waals surface area contributed by atoms with Gasteiger partial charge in [0.05, 0.1) is 0 Å². The van der Waals surface area contributed by atoms with E-state index >= 15 is 0 Å².